The molecule has 1 saturated heterocycles. The van der Waals surface area contributed by atoms with Crippen molar-refractivity contribution >= 4 is 34.5 Å². The van der Waals surface area contributed by atoms with Crippen molar-refractivity contribution in [1.29, 1.82) is 0 Å². The highest BCUT2D eigenvalue weighted by Crippen LogP contribution is 2.43. The number of hydrogen-bond donors (Lipinski definition) is 1. The number of aliphatic hydroxyl groups excluding tert-OH is 1. The zero-order valence-corrected chi connectivity index (χ0v) is 17.5. The average Bonchev–Trinajstić information content (AvgIpc) is 3.35. The molecule has 2 aromatic carbocycles. The maximum Gasteiger partial charge on any atom is 0.300 e. The number of carbonyl (C=O) groups is 2. The number of amides is 1. The third-order valence-corrected chi connectivity index (χ3v) is 5.90. The van der Waals surface area contributed by atoms with Crippen LogP contribution in [-0.2, 0) is 9.59 Å². The van der Waals surface area contributed by atoms with E-state index in [-0.39, 0.29) is 11.3 Å². The van der Waals surface area contributed by atoms with Crippen molar-refractivity contribution in [1.82, 2.24) is 0 Å². The van der Waals surface area contributed by atoms with Gasteiger partial charge in [0.15, 0.2) is 0 Å². The number of ether oxygens (including phenoxy) is 1. The van der Waals surface area contributed by atoms with E-state index in [4.69, 9.17) is 4.74 Å². The van der Waals surface area contributed by atoms with Crippen molar-refractivity contribution in [2.24, 2.45) is 0 Å². The number of benzene rings is 2. The third kappa shape index (κ3) is 3.50. The summed E-state index contributed by atoms with van der Waals surface area (Å²) in [5, 5.41) is 13.0. The van der Waals surface area contributed by atoms with Crippen LogP contribution in [0.1, 0.15) is 29.0 Å². The van der Waals surface area contributed by atoms with Crippen LogP contribution < -0.4 is 9.64 Å². The first-order valence-electron chi connectivity index (χ1n) is 9.65. The standard InChI is InChI=1S/C24H21NO4S/c1-3-29-18-11-9-16(10-12-18)22(26)20-21(19-8-5-13-30-19)25(24(28)23(20)27)17-7-4-6-15(2)14-17/h4-14,21,26H,3H2,1-2H3/b22-20-. The Kier molecular flexibility index (Phi) is 5.42. The second-order valence-electron chi connectivity index (χ2n) is 6.98. The molecular formula is C24H21NO4S. The number of ketones is 1. The molecule has 0 spiro atoms. The second-order valence-corrected chi connectivity index (χ2v) is 7.96. The number of hydrogen-bond acceptors (Lipinski definition) is 5. The van der Waals surface area contributed by atoms with Gasteiger partial charge in [-0.2, -0.15) is 0 Å². The number of aryl methyl sites for hydroxylation is 1. The van der Waals surface area contributed by atoms with Gasteiger partial charge in [0, 0.05) is 16.1 Å². The highest BCUT2D eigenvalue weighted by atomic mass is 32.1. The van der Waals surface area contributed by atoms with Crippen LogP contribution in [0.4, 0.5) is 5.69 Å². The van der Waals surface area contributed by atoms with Crippen LogP contribution in [0.5, 0.6) is 5.75 Å². The number of anilines is 1. The number of thiophene rings is 1. The molecule has 1 amide bonds. The second kappa shape index (κ2) is 8.16. The summed E-state index contributed by atoms with van der Waals surface area (Å²) in [5.41, 5.74) is 2.16. The van der Waals surface area contributed by atoms with Crippen LogP contribution in [0.3, 0.4) is 0 Å². The van der Waals surface area contributed by atoms with E-state index in [1.54, 1.807) is 30.3 Å². The van der Waals surface area contributed by atoms with Crippen LogP contribution in [0.15, 0.2) is 71.6 Å². The van der Waals surface area contributed by atoms with Crippen molar-refractivity contribution in [3.63, 3.8) is 0 Å². The number of rotatable bonds is 5. The predicted octanol–water partition coefficient (Wildman–Crippen LogP) is 5.08. The van der Waals surface area contributed by atoms with E-state index in [2.05, 4.69) is 0 Å². The van der Waals surface area contributed by atoms with Gasteiger partial charge >= 0.3 is 0 Å². The molecule has 0 bridgehead atoms. The largest absolute Gasteiger partial charge is 0.507 e. The van der Waals surface area contributed by atoms with Gasteiger partial charge in [0.2, 0.25) is 0 Å². The molecule has 152 valence electrons. The molecule has 1 aromatic heterocycles. The van der Waals surface area contributed by atoms with Crippen molar-refractivity contribution in [3.05, 3.63) is 87.6 Å². The normalized spacial score (nSPS) is 18.1. The summed E-state index contributed by atoms with van der Waals surface area (Å²) in [5.74, 6) is -0.859. The Hall–Kier alpha value is -3.38. The minimum atomic E-state index is -0.693. The Morgan fingerprint density at radius 3 is 2.50 bits per heavy atom. The monoisotopic (exact) mass is 419 g/mol. The molecule has 1 unspecified atom stereocenters. The van der Waals surface area contributed by atoms with E-state index < -0.39 is 17.7 Å². The minimum Gasteiger partial charge on any atom is -0.507 e. The van der Waals surface area contributed by atoms with Gasteiger partial charge in [0.1, 0.15) is 17.6 Å². The molecule has 0 radical (unpaired) electrons. The van der Waals surface area contributed by atoms with Gasteiger partial charge < -0.3 is 9.84 Å². The lowest BCUT2D eigenvalue weighted by molar-refractivity contribution is -0.132. The Bertz CT molecular complexity index is 1120. The fraction of sp³-hybridized carbons (Fsp3) is 0.167. The molecule has 1 N–H and O–H groups in total. The van der Waals surface area contributed by atoms with Crippen molar-refractivity contribution in [3.8, 4) is 5.75 Å². The Morgan fingerprint density at radius 2 is 1.87 bits per heavy atom. The topological polar surface area (TPSA) is 66.8 Å². The quantitative estimate of drug-likeness (QED) is 0.356. The van der Waals surface area contributed by atoms with E-state index in [0.29, 0.717) is 23.6 Å². The number of aliphatic hydroxyl groups is 1. The lowest BCUT2D eigenvalue weighted by Crippen LogP contribution is -2.29. The number of carbonyl (C=O) groups excluding carboxylic acids is 2. The first-order valence-corrected chi connectivity index (χ1v) is 10.5. The minimum absolute atomic E-state index is 0.0908. The maximum atomic E-state index is 13.0. The fourth-order valence-corrected chi connectivity index (χ4v) is 4.45. The highest BCUT2D eigenvalue weighted by Gasteiger charge is 2.47. The summed E-state index contributed by atoms with van der Waals surface area (Å²) in [4.78, 5) is 28.3. The summed E-state index contributed by atoms with van der Waals surface area (Å²) in [6.07, 6.45) is 0. The van der Waals surface area contributed by atoms with E-state index in [9.17, 15) is 14.7 Å². The Labute approximate surface area is 178 Å². The molecule has 1 fully saturated rings. The van der Waals surface area contributed by atoms with Gasteiger partial charge in [-0.15, -0.1) is 11.3 Å². The number of Topliss-reactive ketones (excluding diaryl/α,β-unsaturated/α-hetero) is 1. The molecule has 1 aliphatic heterocycles. The molecule has 2 heterocycles. The van der Waals surface area contributed by atoms with E-state index in [1.807, 2.05) is 49.6 Å². The van der Waals surface area contributed by atoms with Crippen LogP contribution in [0, 0.1) is 6.92 Å². The smallest absolute Gasteiger partial charge is 0.300 e. The molecule has 6 heteroatoms. The lowest BCUT2D eigenvalue weighted by Gasteiger charge is -2.24. The molecule has 30 heavy (non-hydrogen) atoms. The van der Waals surface area contributed by atoms with Crippen molar-refractivity contribution in [2.75, 3.05) is 11.5 Å². The van der Waals surface area contributed by atoms with Gasteiger partial charge in [-0.25, -0.2) is 0 Å². The van der Waals surface area contributed by atoms with E-state index in [1.165, 1.54) is 16.2 Å². The molecule has 0 aliphatic carbocycles. The SMILES string of the molecule is CCOc1ccc(/C(O)=C2/C(=O)C(=O)N(c3cccc(C)c3)C2c2cccs2)cc1. The van der Waals surface area contributed by atoms with Crippen LogP contribution in [0.25, 0.3) is 5.76 Å². The van der Waals surface area contributed by atoms with Gasteiger partial charge in [0.05, 0.1) is 12.2 Å². The Morgan fingerprint density at radius 1 is 1.10 bits per heavy atom. The van der Waals surface area contributed by atoms with Crippen molar-refractivity contribution < 1.29 is 19.4 Å². The molecule has 5 nitrogen and oxygen atoms in total. The fourth-order valence-electron chi connectivity index (χ4n) is 3.62. The van der Waals surface area contributed by atoms with Gasteiger partial charge in [-0.05, 0) is 67.3 Å². The molecule has 1 aliphatic rings. The summed E-state index contributed by atoms with van der Waals surface area (Å²) in [7, 11) is 0. The van der Waals surface area contributed by atoms with Gasteiger partial charge in [-0.1, -0.05) is 18.2 Å². The maximum absolute atomic E-state index is 13.0. The lowest BCUT2D eigenvalue weighted by atomic mass is 9.99. The number of nitrogens with zero attached hydrogens (tertiary/aromatic N) is 1. The van der Waals surface area contributed by atoms with E-state index in [0.717, 1.165) is 10.4 Å². The van der Waals surface area contributed by atoms with E-state index >= 15 is 0 Å². The van der Waals surface area contributed by atoms with Crippen molar-refractivity contribution in [2.45, 2.75) is 19.9 Å². The van der Waals surface area contributed by atoms with Gasteiger partial charge in [-0.3, -0.25) is 14.5 Å². The van der Waals surface area contributed by atoms with Crippen LogP contribution in [-0.4, -0.2) is 23.4 Å². The highest BCUT2D eigenvalue weighted by molar-refractivity contribution is 7.10. The zero-order valence-electron chi connectivity index (χ0n) is 16.7. The zero-order chi connectivity index (χ0) is 21.3. The summed E-state index contributed by atoms with van der Waals surface area (Å²) < 4.78 is 5.45. The average molecular weight is 420 g/mol. The molecule has 4 rings (SSSR count). The third-order valence-electron chi connectivity index (χ3n) is 4.98. The van der Waals surface area contributed by atoms with Crippen LogP contribution in [0.2, 0.25) is 0 Å². The molecular weight excluding hydrogens is 398 g/mol. The summed E-state index contributed by atoms with van der Waals surface area (Å²) in [6.45, 7) is 4.35. The predicted molar refractivity (Wildman–Crippen MR) is 118 cm³/mol. The summed E-state index contributed by atoms with van der Waals surface area (Å²) in [6, 6.07) is 17.3. The summed E-state index contributed by atoms with van der Waals surface area (Å²) >= 11 is 1.44. The van der Waals surface area contributed by atoms with Crippen LogP contribution >= 0.6 is 11.3 Å². The molecule has 1 atom stereocenters. The first kappa shape index (κ1) is 19.9. The first-order chi connectivity index (χ1) is 14.5. The Balaban J connectivity index is 1.86. The molecule has 3 aromatic rings. The van der Waals surface area contributed by atoms with Gasteiger partial charge in [0.25, 0.3) is 11.7 Å². The molecule has 0 saturated carbocycles.